The summed E-state index contributed by atoms with van der Waals surface area (Å²) in [4.78, 5) is 0. The van der Waals surface area contributed by atoms with E-state index in [0.29, 0.717) is 0 Å². The molecule has 0 bridgehead atoms. The lowest BCUT2D eigenvalue weighted by atomic mass is 9.92. The van der Waals surface area contributed by atoms with Crippen LogP contribution >= 0.6 is 0 Å². The summed E-state index contributed by atoms with van der Waals surface area (Å²) in [5, 5.41) is 0. The van der Waals surface area contributed by atoms with Gasteiger partial charge in [0, 0.05) is 0 Å². The van der Waals surface area contributed by atoms with Crippen LogP contribution in [0.2, 0.25) is 0 Å². The lowest BCUT2D eigenvalue weighted by Gasteiger charge is -2.12. The van der Waals surface area contributed by atoms with Crippen molar-refractivity contribution < 1.29 is 0 Å². The molecule has 0 saturated carbocycles. The molecule has 0 fully saturated rings. The van der Waals surface area contributed by atoms with Gasteiger partial charge >= 0.3 is 0 Å². The molecule has 0 aliphatic rings. The van der Waals surface area contributed by atoms with Crippen molar-refractivity contribution in [1.29, 1.82) is 0 Å². The van der Waals surface area contributed by atoms with Crippen molar-refractivity contribution in [2.75, 3.05) is 0 Å². The smallest absolute Gasteiger partial charge is 0.0103 e. The highest BCUT2D eigenvalue weighted by Gasteiger charge is 2.12. The number of hydrogen-bond donors (Lipinski definition) is 0. The van der Waals surface area contributed by atoms with Crippen molar-refractivity contribution in [3.05, 3.63) is 507 Å². The SMILES string of the molecule is Cc1cc(-c2ccccc2)cc(-c2ccccc2)c1.Cc1ccc(-c2ccccc2)cc1-c1ccccc1.Cc1cccc(-c2ccccc2-c2ccccc2)c1.Cc1ccccc1-c1ccc(-c2ccccc2)cc1.Cc1ccccc1-c1cccc(-c2ccccc2)c1.Cc1ccccc1-c1ccccc1-c1ccccc1. The van der Waals surface area contributed by atoms with Crippen LogP contribution in [-0.2, 0) is 0 Å². The highest BCUT2D eigenvalue weighted by Crippen LogP contribution is 2.37. The van der Waals surface area contributed by atoms with Crippen LogP contribution in [-0.4, -0.2) is 0 Å². The van der Waals surface area contributed by atoms with Gasteiger partial charge in [-0.25, -0.2) is 0 Å². The van der Waals surface area contributed by atoms with Crippen LogP contribution in [0.25, 0.3) is 134 Å². The second kappa shape index (κ2) is 40.1. The van der Waals surface area contributed by atoms with Gasteiger partial charge in [0.1, 0.15) is 0 Å². The Morgan fingerprint density at radius 3 is 0.728 bits per heavy atom. The molecular weight excluding hydrogens is 1370 g/mol. The van der Waals surface area contributed by atoms with E-state index in [0.717, 1.165) is 0 Å². The van der Waals surface area contributed by atoms with E-state index in [4.69, 9.17) is 0 Å². The van der Waals surface area contributed by atoms with Gasteiger partial charge in [-0.2, -0.15) is 0 Å². The van der Waals surface area contributed by atoms with Gasteiger partial charge in [0.2, 0.25) is 0 Å². The largest absolute Gasteiger partial charge is 0.0622 e. The zero-order chi connectivity index (χ0) is 78.5. The van der Waals surface area contributed by atoms with Crippen molar-refractivity contribution in [3.63, 3.8) is 0 Å². The first-order valence-electron chi connectivity index (χ1n) is 39.4. The van der Waals surface area contributed by atoms with E-state index >= 15 is 0 Å². The van der Waals surface area contributed by atoms with E-state index in [9.17, 15) is 0 Å². The molecule has 0 spiro atoms. The highest BCUT2D eigenvalue weighted by molar-refractivity contribution is 5.86. The molecule has 18 aromatic rings. The van der Waals surface area contributed by atoms with Crippen LogP contribution in [0.1, 0.15) is 33.4 Å². The molecule has 0 heteroatoms. The van der Waals surface area contributed by atoms with Gasteiger partial charge in [0.15, 0.2) is 0 Å². The maximum atomic E-state index is 2.28. The summed E-state index contributed by atoms with van der Waals surface area (Å²) in [5.41, 5.74) is 38.5. The predicted octanol–water partition coefficient (Wildman–Crippen LogP) is 32.0. The van der Waals surface area contributed by atoms with Crippen molar-refractivity contribution in [1.82, 2.24) is 0 Å². The molecule has 0 atom stereocenters. The first kappa shape index (κ1) is 78.1. The Morgan fingerprint density at radius 1 is 0.0965 bits per heavy atom. The topological polar surface area (TPSA) is 0 Å². The normalized spacial score (nSPS) is 10.4. The summed E-state index contributed by atoms with van der Waals surface area (Å²) in [6.45, 7) is 12.9. The van der Waals surface area contributed by atoms with Crippen LogP contribution in [0.3, 0.4) is 0 Å². The Kier molecular flexibility index (Phi) is 27.4. The van der Waals surface area contributed by atoms with E-state index in [1.54, 1.807) is 0 Å². The van der Waals surface area contributed by atoms with Crippen LogP contribution in [0.5, 0.6) is 0 Å². The minimum atomic E-state index is 1.26. The molecule has 552 valence electrons. The minimum absolute atomic E-state index is 1.26. The molecule has 18 aromatic carbocycles. The zero-order valence-electron chi connectivity index (χ0n) is 66.0. The molecule has 114 heavy (non-hydrogen) atoms. The Hall–Kier alpha value is -14.0. The highest BCUT2D eigenvalue weighted by atomic mass is 14.2. The number of benzene rings is 18. The summed E-state index contributed by atoms with van der Waals surface area (Å²) in [5.74, 6) is 0. The molecule has 0 radical (unpaired) electrons. The Bertz CT molecular complexity index is 5910. The third kappa shape index (κ3) is 21.3. The third-order valence-electron chi connectivity index (χ3n) is 20.4. The molecular formula is C114H96. The minimum Gasteiger partial charge on any atom is -0.0622 e. The van der Waals surface area contributed by atoms with E-state index in [1.165, 1.54) is 167 Å². The number of hydrogen-bond acceptors (Lipinski definition) is 0. The van der Waals surface area contributed by atoms with Gasteiger partial charge in [-0.05, 0) is 221 Å². The van der Waals surface area contributed by atoms with E-state index in [1.807, 2.05) is 6.07 Å². The van der Waals surface area contributed by atoms with Crippen molar-refractivity contribution in [2.45, 2.75) is 41.5 Å². The summed E-state index contributed by atoms with van der Waals surface area (Å²) in [6, 6.07) is 167. The van der Waals surface area contributed by atoms with Crippen LogP contribution in [0.4, 0.5) is 0 Å². The molecule has 0 amide bonds. The molecule has 18 rings (SSSR count). The molecule has 0 unspecified atom stereocenters. The quantitative estimate of drug-likeness (QED) is 0.114. The van der Waals surface area contributed by atoms with Gasteiger partial charge < -0.3 is 0 Å². The summed E-state index contributed by atoms with van der Waals surface area (Å²) in [7, 11) is 0. The molecule has 0 heterocycles. The molecule has 0 N–H and O–H groups in total. The van der Waals surface area contributed by atoms with Gasteiger partial charge in [-0.1, -0.05) is 461 Å². The Morgan fingerprint density at radius 2 is 0.316 bits per heavy atom. The Labute approximate surface area is 677 Å². The summed E-state index contributed by atoms with van der Waals surface area (Å²) < 4.78 is 0. The Balaban J connectivity index is 0.000000119. The fourth-order valence-electron chi connectivity index (χ4n) is 14.4. The van der Waals surface area contributed by atoms with E-state index < -0.39 is 0 Å². The molecule has 0 nitrogen and oxygen atoms in total. The lowest BCUT2D eigenvalue weighted by Crippen LogP contribution is -1.87. The number of rotatable bonds is 12. The second-order valence-electron chi connectivity index (χ2n) is 28.6. The standard InChI is InChI=1S/6C19H16/c1-15-12-18(16-8-4-2-5-9-16)14-19(13-15)17-10-6-3-7-11-17;1-15-12-13-18(16-8-4-2-5-9-16)14-19(15)17-10-6-3-7-11-17;1-15-9-5-6-12-17(15)19-14-8-7-13-18(19)16-10-3-2-4-11-16;1-15-8-7-11-17(14-15)19-13-6-5-12-18(19)16-9-3-2-4-10-16;1-15-8-5-6-13-19(15)18-12-7-11-17(14-18)16-9-3-2-4-10-16;1-15-7-5-6-10-19(15)18-13-11-17(12-14-18)16-8-3-2-4-9-16/h6*2-14H,1H3. The molecule has 0 aliphatic carbocycles. The van der Waals surface area contributed by atoms with Gasteiger partial charge in [0.25, 0.3) is 0 Å². The van der Waals surface area contributed by atoms with Crippen LogP contribution in [0.15, 0.2) is 473 Å². The first-order valence-corrected chi connectivity index (χ1v) is 39.4. The third-order valence-corrected chi connectivity index (χ3v) is 20.4. The van der Waals surface area contributed by atoms with E-state index in [2.05, 4.69) is 509 Å². The zero-order valence-corrected chi connectivity index (χ0v) is 66.0. The predicted molar refractivity (Wildman–Crippen MR) is 492 cm³/mol. The van der Waals surface area contributed by atoms with Crippen molar-refractivity contribution >= 4 is 0 Å². The molecule has 0 aromatic heterocycles. The molecule has 0 aliphatic heterocycles. The lowest BCUT2D eigenvalue weighted by molar-refractivity contribution is 1.45. The van der Waals surface area contributed by atoms with Gasteiger partial charge in [-0.15, -0.1) is 0 Å². The monoisotopic (exact) mass is 1460 g/mol. The average Bonchev–Trinajstić information content (AvgIpc) is 0.814. The van der Waals surface area contributed by atoms with Gasteiger partial charge in [-0.3, -0.25) is 0 Å². The fourth-order valence-corrected chi connectivity index (χ4v) is 14.4. The van der Waals surface area contributed by atoms with Crippen molar-refractivity contribution in [2.24, 2.45) is 0 Å². The number of aryl methyl sites for hydroxylation is 6. The summed E-state index contributed by atoms with van der Waals surface area (Å²) >= 11 is 0. The fraction of sp³-hybridized carbons (Fsp3) is 0.0526. The first-order chi connectivity index (χ1) is 56.1. The maximum absolute atomic E-state index is 2.28. The van der Waals surface area contributed by atoms with Crippen molar-refractivity contribution in [3.8, 4) is 134 Å². The average molecular weight is 1470 g/mol. The van der Waals surface area contributed by atoms with Crippen LogP contribution in [0, 0.1) is 41.5 Å². The molecule has 0 saturated heterocycles. The van der Waals surface area contributed by atoms with Crippen LogP contribution < -0.4 is 0 Å². The van der Waals surface area contributed by atoms with Gasteiger partial charge in [0.05, 0.1) is 0 Å². The van der Waals surface area contributed by atoms with E-state index in [-0.39, 0.29) is 0 Å². The summed E-state index contributed by atoms with van der Waals surface area (Å²) in [6.07, 6.45) is 0. The maximum Gasteiger partial charge on any atom is -0.0103 e. The second-order valence-corrected chi connectivity index (χ2v) is 28.6.